The van der Waals surface area contributed by atoms with E-state index in [0.717, 1.165) is 18.5 Å². The summed E-state index contributed by atoms with van der Waals surface area (Å²) in [6.07, 6.45) is 2.24. The molecule has 0 aliphatic carbocycles. The monoisotopic (exact) mass is 232 g/mol. The smallest absolute Gasteiger partial charge is 0.251 e. The molecule has 2 rings (SSSR count). The zero-order valence-electron chi connectivity index (χ0n) is 10.8. The van der Waals surface area contributed by atoms with Gasteiger partial charge in [0.15, 0.2) is 0 Å². The number of hydrogen-bond donors (Lipinski definition) is 1. The van der Waals surface area contributed by atoms with Crippen LogP contribution in [0.3, 0.4) is 0 Å². The van der Waals surface area contributed by atoms with Crippen LogP contribution in [-0.2, 0) is 6.42 Å². The molecule has 17 heavy (non-hydrogen) atoms. The fourth-order valence-electron chi connectivity index (χ4n) is 2.27. The van der Waals surface area contributed by atoms with Gasteiger partial charge in [0, 0.05) is 30.9 Å². The molecule has 0 radical (unpaired) electrons. The maximum Gasteiger partial charge on any atom is 0.251 e. The highest BCUT2D eigenvalue weighted by atomic mass is 16.1. The Balaban J connectivity index is 2.24. The van der Waals surface area contributed by atoms with E-state index in [1.54, 1.807) is 0 Å². The van der Waals surface area contributed by atoms with Crippen molar-refractivity contribution in [2.75, 3.05) is 18.5 Å². The predicted molar refractivity (Wildman–Crippen MR) is 70.6 cm³/mol. The van der Waals surface area contributed by atoms with E-state index in [4.69, 9.17) is 0 Å². The van der Waals surface area contributed by atoms with Gasteiger partial charge in [-0.05, 0) is 50.5 Å². The molecule has 1 aliphatic heterocycles. The Hall–Kier alpha value is -1.51. The van der Waals surface area contributed by atoms with E-state index in [2.05, 4.69) is 23.3 Å². The van der Waals surface area contributed by atoms with E-state index in [-0.39, 0.29) is 11.9 Å². The van der Waals surface area contributed by atoms with Crippen molar-refractivity contribution < 1.29 is 4.79 Å². The van der Waals surface area contributed by atoms with Crippen molar-refractivity contribution in [2.24, 2.45) is 0 Å². The van der Waals surface area contributed by atoms with Crippen molar-refractivity contribution in [3.05, 3.63) is 29.3 Å². The molecule has 0 atom stereocenters. The first kappa shape index (κ1) is 12.0. The minimum atomic E-state index is 0.0241. The number of hydrogen-bond acceptors (Lipinski definition) is 2. The summed E-state index contributed by atoms with van der Waals surface area (Å²) in [6.45, 7) is 5.05. The molecule has 0 saturated carbocycles. The Morgan fingerprint density at radius 1 is 1.41 bits per heavy atom. The van der Waals surface area contributed by atoms with Crippen LogP contribution in [0.4, 0.5) is 5.69 Å². The quantitative estimate of drug-likeness (QED) is 0.848. The molecule has 3 heteroatoms. The number of anilines is 1. The van der Waals surface area contributed by atoms with Crippen molar-refractivity contribution in [2.45, 2.75) is 32.7 Å². The second kappa shape index (κ2) is 4.78. The number of carbonyl (C=O) groups excluding carboxylic acids is 1. The summed E-state index contributed by atoms with van der Waals surface area (Å²) in [6, 6.07) is 6.19. The number of benzene rings is 1. The molecular weight excluding hydrogens is 212 g/mol. The molecular formula is C14H20N2O. The van der Waals surface area contributed by atoms with Gasteiger partial charge in [0.25, 0.3) is 5.91 Å². The third kappa shape index (κ3) is 2.60. The van der Waals surface area contributed by atoms with Crippen LogP contribution in [0, 0.1) is 0 Å². The van der Waals surface area contributed by atoms with Gasteiger partial charge in [0.05, 0.1) is 0 Å². The second-order valence-corrected chi connectivity index (χ2v) is 5.00. The highest BCUT2D eigenvalue weighted by Crippen LogP contribution is 2.26. The maximum absolute atomic E-state index is 11.9. The molecule has 3 nitrogen and oxygen atoms in total. The molecule has 1 N–H and O–H groups in total. The summed E-state index contributed by atoms with van der Waals surface area (Å²) in [7, 11) is 2.10. The molecule has 1 aliphatic rings. The van der Waals surface area contributed by atoms with Crippen LogP contribution in [0.1, 0.15) is 36.2 Å². The first-order valence-corrected chi connectivity index (χ1v) is 6.23. The normalized spacial score (nSPS) is 14.7. The van der Waals surface area contributed by atoms with Gasteiger partial charge in [-0.25, -0.2) is 0 Å². The lowest BCUT2D eigenvalue weighted by atomic mass is 9.99. The van der Waals surface area contributed by atoms with Crippen molar-refractivity contribution in [1.82, 2.24) is 5.32 Å². The lowest BCUT2D eigenvalue weighted by Gasteiger charge is -2.27. The summed E-state index contributed by atoms with van der Waals surface area (Å²) >= 11 is 0. The summed E-state index contributed by atoms with van der Waals surface area (Å²) < 4.78 is 0. The lowest BCUT2D eigenvalue weighted by molar-refractivity contribution is 0.0943. The summed E-state index contributed by atoms with van der Waals surface area (Å²) in [5.74, 6) is 0.0241. The number of nitrogens with zero attached hydrogens (tertiary/aromatic N) is 1. The number of amides is 1. The van der Waals surface area contributed by atoms with E-state index in [1.807, 2.05) is 26.0 Å². The van der Waals surface area contributed by atoms with Gasteiger partial charge in [0.1, 0.15) is 0 Å². The molecule has 0 fully saturated rings. The standard InChI is InChI=1S/C14H20N2O/c1-10(2)15-14(17)12-6-7-13-11(9-12)5-4-8-16(13)3/h6-7,9-10H,4-5,8H2,1-3H3,(H,15,17). The number of aryl methyl sites for hydroxylation is 1. The average Bonchev–Trinajstić information content (AvgIpc) is 2.28. The Kier molecular flexibility index (Phi) is 3.36. The molecule has 1 aromatic rings. The highest BCUT2D eigenvalue weighted by Gasteiger charge is 2.16. The first-order chi connectivity index (χ1) is 8.08. The Morgan fingerprint density at radius 2 is 2.18 bits per heavy atom. The third-order valence-corrected chi connectivity index (χ3v) is 3.11. The van der Waals surface area contributed by atoms with Crippen LogP contribution in [0.15, 0.2) is 18.2 Å². The van der Waals surface area contributed by atoms with E-state index in [0.29, 0.717) is 0 Å². The minimum absolute atomic E-state index is 0.0241. The van der Waals surface area contributed by atoms with Crippen LogP contribution >= 0.6 is 0 Å². The van der Waals surface area contributed by atoms with Gasteiger partial charge in [-0.1, -0.05) is 0 Å². The number of carbonyl (C=O) groups is 1. The van der Waals surface area contributed by atoms with Gasteiger partial charge in [-0.15, -0.1) is 0 Å². The SMILES string of the molecule is CC(C)NC(=O)c1ccc2c(c1)CCCN2C. The van der Waals surface area contributed by atoms with Gasteiger partial charge in [0.2, 0.25) is 0 Å². The Morgan fingerprint density at radius 3 is 2.88 bits per heavy atom. The second-order valence-electron chi connectivity index (χ2n) is 5.00. The molecule has 0 saturated heterocycles. The largest absolute Gasteiger partial charge is 0.374 e. The van der Waals surface area contributed by atoms with Crippen LogP contribution in [0.25, 0.3) is 0 Å². The van der Waals surface area contributed by atoms with Gasteiger partial charge in [-0.2, -0.15) is 0 Å². The summed E-state index contributed by atoms with van der Waals surface area (Å²) in [5.41, 5.74) is 3.32. The fourth-order valence-corrected chi connectivity index (χ4v) is 2.27. The zero-order valence-corrected chi connectivity index (χ0v) is 10.8. The van der Waals surface area contributed by atoms with Crippen LogP contribution < -0.4 is 10.2 Å². The van der Waals surface area contributed by atoms with E-state index >= 15 is 0 Å². The Labute approximate surface area is 103 Å². The van der Waals surface area contributed by atoms with Crippen molar-refractivity contribution in [1.29, 1.82) is 0 Å². The van der Waals surface area contributed by atoms with E-state index in [1.165, 1.54) is 17.7 Å². The molecule has 0 bridgehead atoms. The van der Waals surface area contributed by atoms with Crippen molar-refractivity contribution >= 4 is 11.6 Å². The van der Waals surface area contributed by atoms with Gasteiger partial charge < -0.3 is 10.2 Å². The fraction of sp³-hybridized carbons (Fsp3) is 0.500. The molecule has 0 aromatic heterocycles. The number of rotatable bonds is 2. The summed E-state index contributed by atoms with van der Waals surface area (Å²) in [5, 5.41) is 2.92. The van der Waals surface area contributed by atoms with E-state index in [9.17, 15) is 4.79 Å². The van der Waals surface area contributed by atoms with Crippen molar-refractivity contribution in [3.63, 3.8) is 0 Å². The summed E-state index contributed by atoms with van der Waals surface area (Å²) in [4.78, 5) is 14.2. The van der Waals surface area contributed by atoms with Crippen molar-refractivity contribution in [3.8, 4) is 0 Å². The molecule has 1 heterocycles. The molecule has 0 unspecified atom stereocenters. The molecule has 1 amide bonds. The topological polar surface area (TPSA) is 32.3 Å². The maximum atomic E-state index is 11.9. The average molecular weight is 232 g/mol. The molecule has 1 aromatic carbocycles. The minimum Gasteiger partial charge on any atom is -0.374 e. The molecule has 0 spiro atoms. The Bertz CT molecular complexity index is 426. The lowest BCUT2D eigenvalue weighted by Crippen LogP contribution is -2.30. The number of nitrogens with one attached hydrogen (secondary N) is 1. The van der Waals surface area contributed by atoms with E-state index < -0.39 is 0 Å². The molecule has 92 valence electrons. The predicted octanol–water partition coefficient (Wildman–Crippen LogP) is 2.21. The third-order valence-electron chi connectivity index (χ3n) is 3.11. The van der Waals surface area contributed by atoms with Gasteiger partial charge >= 0.3 is 0 Å². The van der Waals surface area contributed by atoms with Crippen LogP contribution in [0.2, 0.25) is 0 Å². The highest BCUT2D eigenvalue weighted by molar-refractivity contribution is 5.95. The number of fused-ring (bicyclic) bond motifs is 1. The first-order valence-electron chi connectivity index (χ1n) is 6.23. The van der Waals surface area contributed by atoms with Crippen LogP contribution in [0.5, 0.6) is 0 Å². The van der Waals surface area contributed by atoms with Gasteiger partial charge in [-0.3, -0.25) is 4.79 Å². The van der Waals surface area contributed by atoms with Crippen LogP contribution in [-0.4, -0.2) is 25.5 Å². The zero-order chi connectivity index (χ0) is 12.4.